The highest BCUT2D eigenvalue weighted by atomic mass is 16.5. The summed E-state index contributed by atoms with van der Waals surface area (Å²) in [6.07, 6.45) is -0.578. The van der Waals surface area contributed by atoms with Gasteiger partial charge < -0.3 is 9.84 Å². The summed E-state index contributed by atoms with van der Waals surface area (Å²) in [5.74, 6) is 0.836. The number of fused-ring (bicyclic) bond motifs is 1. The van der Waals surface area contributed by atoms with Crippen LogP contribution in [0.5, 0.6) is 5.75 Å². The summed E-state index contributed by atoms with van der Waals surface area (Å²) in [6.45, 7) is 5.98. The number of aliphatic hydroxyl groups excluding tert-OH is 1. The van der Waals surface area contributed by atoms with E-state index in [2.05, 4.69) is 0 Å². The number of ether oxygens (including phenoxy) is 1. The van der Waals surface area contributed by atoms with Gasteiger partial charge in [-0.15, -0.1) is 0 Å². The average molecular weight is 178 g/mol. The number of hydrogen-bond acceptors (Lipinski definition) is 2. The first-order chi connectivity index (χ1) is 6.09. The quantitative estimate of drug-likeness (QED) is 0.659. The summed E-state index contributed by atoms with van der Waals surface area (Å²) in [4.78, 5) is 0. The van der Waals surface area contributed by atoms with Crippen molar-refractivity contribution >= 4 is 0 Å². The number of rotatable bonds is 0. The molecule has 0 aromatic heterocycles. The normalized spacial score (nSPS) is 25.5. The van der Waals surface area contributed by atoms with E-state index in [9.17, 15) is 5.11 Å². The SMILES string of the molecule is Cc1cc2c(cc1C)C(O)C(C)O2. The molecular weight excluding hydrogens is 164 g/mol. The number of benzene rings is 1. The molecule has 2 atom stereocenters. The fourth-order valence-corrected chi connectivity index (χ4v) is 1.66. The van der Waals surface area contributed by atoms with E-state index in [4.69, 9.17) is 4.74 Å². The third kappa shape index (κ3) is 1.22. The molecule has 2 nitrogen and oxygen atoms in total. The Morgan fingerprint density at radius 1 is 1.23 bits per heavy atom. The highest BCUT2D eigenvalue weighted by molar-refractivity contribution is 5.45. The van der Waals surface area contributed by atoms with Gasteiger partial charge in [0, 0.05) is 5.56 Å². The van der Waals surface area contributed by atoms with Gasteiger partial charge in [-0.05, 0) is 44.0 Å². The molecule has 1 aliphatic rings. The second-order valence-corrected chi connectivity index (χ2v) is 3.74. The minimum atomic E-state index is -0.464. The zero-order valence-electron chi connectivity index (χ0n) is 8.16. The molecule has 1 aromatic carbocycles. The van der Waals surface area contributed by atoms with Crippen LogP contribution in [-0.2, 0) is 0 Å². The molecule has 1 heterocycles. The fourth-order valence-electron chi connectivity index (χ4n) is 1.66. The largest absolute Gasteiger partial charge is 0.487 e. The Balaban J connectivity index is 2.53. The van der Waals surface area contributed by atoms with Gasteiger partial charge in [-0.1, -0.05) is 0 Å². The van der Waals surface area contributed by atoms with Gasteiger partial charge >= 0.3 is 0 Å². The van der Waals surface area contributed by atoms with Crippen LogP contribution in [0, 0.1) is 13.8 Å². The monoisotopic (exact) mass is 178 g/mol. The van der Waals surface area contributed by atoms with E-state index in [1.54, 1.807) is 0 Å². The van der Waals surface area contributed by atoms with Crippen molar-refractivity contribution in [3.05, 3.63) is 28.8 Å². The zero-order chi connectivity index (χ0) is 9.59. The van der Waals surface area contributed by atoms with Gasteiger partial charge in [0.05, 0.1) is 0 Å². The Labute approximate surface area is 78.2 Å². The van der Waals surface area contributed by atoms with Gasteiger partial charge in [0.15, 0.2) is 0 Å². The van der Waals surface area contributed by atoms with E-state index in [0.29, 0.717) is 0 Å². The lowest BCUT2D eigenvalue weighted by atomic mass is 10.0. The molecule has 0 aliphatic carbocycles. The lowest BCUT2D eigenvalue weighted by molar-refractivity contribution is 0.0795. The maximum Gasteiger partial charge on any atom is 0.126 e. The fraction of sp³-hybridized carbons (Fsp3) is 0.455. The smallest absolute Gasteiger partial charge is 0.126 e. The van der Waals surface area contributed by atoms with E-state index in [1.165, 1.54) is 11.1 Å². The van der Waals surface area contributed by atoms with Crippen molar-refractivity contribution in [3.8, 4) is 5.75 Å². The molecular formula is C11H14O2. The molecule has 0 fully saturated rings. The van der Waals surface area contributed by atoms with E-state index in [0.717, 1.165) is 11.3 Å². The number of aliphatic hydroxyl groups is 1. The van der Waals surface area contributed by atoms with Crippen LogP contribution in [0.2, 0.25) is 0 Å². The van der Waals surface area contributed by atoms with E-state index >= 15 is 0 Å². The third-order valence-corrected chi connectivity index (χ3v) is 2.70. The highest BCUT2D eigenvalue weighted by Gasteiger charge is 2.29. The second kappa shape index (κ2) is 2.74. The van der Waals surface area contributed by atoms with Gasteiger partial charge in [0.2, 0.25) is 0 Å². The molecule has 1 N–H and O–H groups in total. The van der Waals surface area contributed by atoms with Crippen LogP contribution in [0.15, 0.2) is 12.1 Å². The van der Waals surface area contributed by atoms with Crippen LogP contribution >= 0.6 is 0 Å². The molecule has 2 rings (SSSR count). The van der Waals surface area contributed by atoms with E-state index < -0.39 is 6.10 Å². The van der Waals surface area contributed by atoms with Crippen molar-refractivity contribution in [1.29, 1.82) is 0 Å². The van der Waals surface area contributed by atoms with Crippen molar-refractivity contribution in [3.63, 3.8) is 0 Å². The minimum Gasteiger partial charge on any atom is -0.487 e. The van der Waals surface area contributed by atoms with Gasteiger partial charge in [0.1, 0.15) is 18.0 Å². The predicted molar refractivity (Wildman–Crippen MR) is 51.0 cm³/mol. The molecule has 0 radical (unpaired) electrons. The number of aryl methyl sites for hydroxylation is 2. The maximum absolute atomic E-state index is 9.74. The van der Waals surface area contributed by atoms with Crippen LogP contribution in [0.25, 0.3) is 0 Å². The van der Waals surface area contributed by atoms with Crippen LogP contribution in [0.4, 0.5) is 0 Å². The first kappa shape index (κ1) is 8.57. The van der Waals surface area contributed by atoms with Crippen molar-refractivity contribution in [2.75, 3.05) is 0 Å². The Kier molecular flexibility index (Phi) is 1.81. The number of hydrogen-bond donors (Lipinski definition) is 1. The lowest BCUT2D eigenvalue weighted by Gasteiger charge is -2.06. The third-order valence-electron chi connectivity index (χ3n) is 2.70. The molecule has 13 heavy (non-hydrogen) atoms. The van der Waals surface area contributed by atoms with E-state index in [1.807, 2.05) is 32.9 Å². The lowest BCUT2D eigenvalue weighted by Crippen LogP contribution is -2.12. The Morgan fingerprint density at radius 3 is 2.54 bits per heavy atom. The predicted octanol–water partition coefficient (Wildman–Crippen LogP) is 2.12. The van der Waals surface area contributed by atoms with Crippen molar-refractivity contribution < 1.29 is 9.84 Å². The molecule has 1 aliphatic heterocycles. The average Bonchev–Trinajstić information content (AvgIpc) is 2.32. The molecule has 0 bridgehead atoms. The molecule has 0 saturated heterocycles. The molecule has 2 heteroatoms. The van der Waals surface area contributed by atoms with E-state index in [-0.39, 0.29) is 6.10 Å². The Bertz CT molecular complexity index is 344. The minimum absolute atomic E-state index is 0.115. The summed E-state index contributed by atoms with van der Waals surface area (Å²) in [7, 11) is 0. The molecule has 0 saturated carbocycles. The summed E-state index contributed by atoms with van der Waals surface area (Å²) >= 11 is 0. The summed E-state index contributed by atoms with van der Waals surface area (Å²) in [5, 5.41) is 9.74. The molecule has 0 amide bonds. The van der Waals surface area contributed by atoms with Crippen LogP contribution in [0.3, 0.4) is 0 Å². The van der Waals surface area contributed by atoms with Crippen molar-refractivity contribution in [2.24, 2.45) is 0 Å². The van der Waals surface area contributed by atoms with Crippen molar-refractivity contribution in [2.45, 2.75) is 33.0 Å². The Hall–Kier alpha value is -1.02. The molecule has 2 unspecified atom stereocenters. The van der Waals surface area contributed by atoms with Crippen LogP contribution in [0.1, 0.15) is 29.7 Å². The molecule has 0 spiro atoms. The highest BCUT2D eigenvalue weighted by Crippen LogP contribution is 2.37. The van der Waals surface area contributed by atoms with Gasteiger partial charge in [-0.25, -0.2) is 0 Å². The topological polar surface area (TPSA) is 29.5 Å². The summed E-state index contributed by atoms with van der Waals surface area (Å²) in [5.41, 5.74) is 3.34. The van der Waals surface area contributed by atoms with Crippen molar-refractivity contribution in [1.82, 2.24) is 0 Å². The standard InChI is InChI=1S/C11H14O2/c1-6-4-9-10(5-7(6)2)13-8(3)11(9)12/h4-5,8,11-12H,1-3H3. The summed E-state index contributed by atoms with van der Waals surface area (Å²) in [6, 6.07) is 4.01. The zero-order valence-corrected chi connectivity index (χ0v) is 8.16. The maximum atomic E-state index is 9.74. The Morgan fingerprint density at radius 2 is 1.85 bits per heavy atom. The first-order valence-electron chi connectivity index (χ1n) is 4.55. The molecule has 70 valence electrons. The van der Waals surface area contributed by atoms with Crippen LogP contribution < -0.4 is 4.74 Å². The second-order valence-electron chi connectivity index (χ2n) is 3.74. The van der Waals surface area contributed by atoms with Gasteiger partial charge in [-0.2, -0.15) is 0 Å². The summed E-state index contributed by atoms with van der Waals surface area (Å²) < 4.78 is 5.50. The van der Waals surface area contributed by atoms with Gasteiger partial charge in [0.25, 0.3) is 0 Å². The molecule has 1 aromatic rings. The van der Waals surface area contributed by atoms with Gasteiger partial charge in [-0.3, -0.25) is 0 Å². The first-order valence-corrected chi connectivity index (χ1v) is 4.55. The van der Waals surface area contributed by atoms with Crippen LogP contribution in [-0.4, -0.2) is 11.2 Å².